The molecule has 7 nitrogen and oxygen atoms in total. The SMILES string of the molecule is N#CC1(COc2cncc(-c3cc(CC4CCC(NCCC(F)(F)F)CC4)ncc3Cl)n2)CCOCC1. The molecule has 0 spiro atoms. The molecular formula is C26H31ClF3N5O2. The molecular weight excluding hydrogens is 507 g/mol. The molecule has 0 amide bonds. The smallest absolute Gasteiger partial charge is 0.390 e. The second kappa shape index (κ2) is 12.4. The van der Waals surface area contributed by atoms with Crippen molar-refractivity contribution in [3.8, 4) is 23.2 Å². The minimum absolute atomic E-state index is 0.0311. The Morgan fingerprint density at radius 3 is 2.62 bits per heavy atom. The van der Waals surface area contributed by atoms with Crippen molar-refractivity contribution < 1.29 is 22.6 Å². The molecule has 2 aromatic heterocycles. The Kier molecular flexibility index (Phi) is 9.22. The number of pyridine rings is 1. The highest BCUT2D eigenvalue weighted by Crippen LogP contribution is 2.33. The number of ether oxygens (including phenoxy) is 2. The molecule has 37 heavy (non-hydrogen) atoms. The standard InChI is InChI=1S/C26H31ClF3N5O2/c27-22-13-34-20(11-18-1-3-19(4-2-18)33-8-5-26(28,29)30)12-21(22)23-14-32-15-24(35-23)37-17-25(16-31)6-9-36-10-7-25/h12-15,18-19,33H,1-11,17H2. The van der Waals surface area contributed by atoms with Gasteiger partial charge in [-0.05, 0) is 56.9 Å². The van der Waals surface area contributed by atoms with Gasteiger partial charge in [-0.15, -0.1) is 0 Å². The second-order valence-corrected chi connectivity index (χ2v) is 10.3. The summed E-state index contributed by atoms with van der Waals surface area (Å²) >= 11 is 6.45. The first kappa shape index (κ1) is 27.6. The van der Waals surface area contributed by atoms with Gasteiger partial charge in [-0.2, -0.15) is 18.4 Å². The summed E-state index contributed by atoms with van der Waals surface area (Å²) in [6.07, 6.45) is 5.37. The van der Waals surface area contributed by atoms with E-state index in [9.17, 15) is 18.4 Å². The zero-order chi connectivity index (χ0) is 26.3. The number of nitrogens with one attached hydrogen (secondary N) is 1. The van der Waals surface area contributed by atoms with Crippen LogP contribution in [-0.4, -0.2) is 53.5 Å². The van der Waals surface area contributed by atoms with Gasteiger partial charge in [0.15, 0.2) is 0 Å². The van der Waals surface area contributed by atoms with Gasteiger partial charge in [0.1, 0.15) is 6.61 Å². The first-order chi connectivity index (χ1) is 17.8. The van der Waals surface area contributed by atoms with Crippen molar-refractivity contribution in [1.29, 1.82) is 5.26 Å². The summed E-state index contributed by atoms with van der Waals surface area (Å²) in [5.41, 5.74) is 1.55. The summed E-state index contributed by atoms with van der Waals surface area (Å²) in [6, 6.07) is 4.42. The van der Waals surface area contributed by atoms with Crippen molar-refractivity contribution in [3.05, 3.63) is 35.4 Å². The number of nitriles is 1. The van der Waals surface area contributed by atoms with Crippen LogP contribution in [0.4, 0.5) is 13.2 Å². The number of rotatable bonds is 9. The summed E-state index contributed by atoms with van der Waals surface area (Å²) in [4.78, 5) is 13.3. The van der Waals surface area contributed by atoms with Crippen LogP contribution in [0.5, 0.6) is 5.88 Å². The van der Waals surface area contributed by atoms with E-state index in [0.717, 1.165) is 37.8 Å². The topological polar surface area (TPSA) is 93.0 Å². The summed E-state index contributed by atoms with van der Waals surface area (Å²) in [7, 11) is 0. The molecule has 200 valence electrons. The van der Waals surface area contributed by atoms with Crippen molar-refractivity contribution in [3.63, 3.8) is 0 Å². The molecule has 2 aromatic rings. The zero-order valence-corrected chi connectivity index (χ0v) is 21.3. The van der Waals surface area contributed by atoms with Gasteiger partial charge in [0.25, 0.3) is 0 Å². The molecule has 1 N–H and O–H groups in total. The molecule has 1 saturated heterocycles. The van der Waals surface area contributed by atoms with Gasteiger partial charge in [0, 0.05) is 43.3 Å². The van der Waals surface area contributed by atoms with Crippen molar-refractivity contribution in [1.82, 2.24) is 20.3 Å². The van der Waals surface area contributed by atoms with Gasteiger partial charge in [-0.1, -0.05) is 11.6 Å². The largest absolute Gasteiger partial charge is 0.475 e. The number of aromatic nitrogens is 3. The van der Waals surface area contributed by atoms with E-state index in [1.54, 1.807) is 12.4 Å². The van der Waals surface area contributed by atoms with Gasteiger partial charge >= 0.3 is 6.18 Å². The molecule has 0 atom stereocenters. The van der Waals surface area contributed by atoms with Crippen molar-refractivity contribution >= 4 is 11.6 Å². The Hall–Kier alpha value is -2.48. The van der Waals surface area contributed by atoms with Crippen LogP contribution in [0.25, 0.3) is 11.3 Å². The van der Waals surface area contributed by atoms with Crippen molar-refractivity contribution in [2.45, 2.75) is 63.6 Å². The maximum atomic E-state index is 12.4. The van der Waals surface area contributed by atoms with Gasteiger partial charge in [-0.25, -0.2) is 4.98 Å². The maximum Gasteiger partial charge on any atom is 0.390 e. The molecule has 1 saturated carbocycles. The van der Waals surface area contributed by atoms with Crippen molar-refractivity contribution in [2.24, 2.45) is 11.3 Å². The van der Waals surface area contributed by atoms with Gasteiger partial charge in [0.2, 0.25) is 5.88 Å². The van der Waals surface area contributed by atoms with E-state index in [0.29, 0.717) is 54.1 Å². The number of hydrogen-bond donors (Lipinski definition) is 1. The highest BCUT2D eigenvalue weighted by atomic mass is 35.5. The summed E-state index contributed by atoms with van der Waals surface area (Å²) in [6.45, 7) is 1.26. The molecule has 3 heterocycles. The normalized spacial score (nSPS) is 21.8. The summed E-state index contributed by atoms with van der Waals surface area (Å²) in [5.74, 6) is 0.731. The molecule has 0 aromatic carbocycles. The van der Waals surface area contributed by atoms with E-state index >= 15 is 0 Å². The fraction of sp³-hybridized carbons (Fsp3) is 0.615. The van der Waals surface area contributed by atoms with Crippen LogP contribution in [0.15, 0.2) is 24.7 Å². The van der Waals surface area contributed by atoms with Crippen LogP contribution in [-0.2, 0) is 11.2 Å². The Balaban J connectivity index is 1.34. The molecule has 11 heteroatoms. The lowest BCUT2D eigenvalue weighted by Gasteiger charge is -2.30. The fourth-order valence-corrected chi connectivity index (χ4v) is 5.08. The molecule has 0 radical (unpaired) electrons. The fourth-order valence-electron chi connectivity index (χ4n) is 4.88. The number of nitrogens with zero attached hydrogens (tertiary/aromatic N) is 4. The van der Waals surface area contributed by atoms with Crippen LogP contribution in [0, 0.1) is 22.7 Å². The third kappa shape index (κ3) is 8.00. The Morgan fingerprint density at radius 1 is 1.16 bits per heavy atom. The third-order valence-electron chi connectivity index (χ3n) is 7.17. The van der Waals surface area contributed by atoms with E-state index in [1.165, 1.54) is 6.20 Å². The first-order valence-corrected chi connectivity index (χ1v) is 13.0. The number of halogens is 4. The molecule has 0 unspecified atom stereocenters. The van der Waals surface area contributed by atoms with Crippen molar-refractivity contribution in [2.75, 3.05) is 26.4 Å². The molecule has 0 bridgehead atoms. The lowest BCUT2D eigenvalue weighted by molar-refractivity contribution is -0.133. The monoisotopic (exact) mass is 537 g/mol. The van der Waals surface area contributed by atoms with Crippen LogP contribution in [0.1, 0.15) is 50.6 Å². The molecule has 2 fully saturated rings. The third-order valence-corrected chi connectivity index (χ3v) is 7.47. The van der Waals surface area contributed by atoms with Gasteiger partial charge < -0.3 is 14.8 Å². The average Bonchev–Trinajstić information content (AvgIpc) is 2.90. The molecule has 1 aliphatic carbocycles. The molecule has 2 aliphatic rings. The minimum atomic E-state index is -4.12. The summed E-state index contributed by atoms with van der Waals surface area (Å²) < 4.78 is 48.4. The van der Waals surface area contributed by atoms with E-state index in [-0.39, 0.29) is 19.2 Å². The van der Waals surface area contributed by atoms with Gasteiger partial charge in [-0.3, -0.25) is 9.97 Å². The van der Waals surface area contributed by atoms with Crippen LogP contribution < -0.4 is 10.1 Å². The van der Waals surface area contributed by atoms with E-state index in [1.807, 2.05) is 6.07 Å². The average molecular weight is 538 g/mol. The van der Waals surface area contributed by atoms with Crippen LogP contribution in [0.3, 0.4) is 0 Å². The number of alkyl halides is 3. The van der Waals surface area contributed by atoms with E-state index in [2.05, 4.69) is 26.3 Å². The highest BCUT2D eigenvalue weighted by molar-refractivity contribution is 6.33. The minimum Gasteiger partial charge on any atom is -0.475 e. The van der Waals surface area contributed by atoms with Crippen LogP contribution >= 0.6 is 11.6 Å². The van der Waals surface area contributed by atoms with E-state index < -0.39 is 18.0 Å². The predicted octanol–water partition coefficient (Wildman–Crippen LogP) is 5.53. The summed E-state index contributed by atoms with van der Waals surface area (Å²) in [5, 5.41) is 13.1. The molecule has 1 aliphatic heterocycles. The number of hydrogen-bond acceptors (Lipinski definition) is 7. The predicted molar refractivity (Wildman–Crippen MR) is 132 cm³/mol. The lowest BCUT2D eigenvalue weighted by Crippen LogP contribution is -2.35. The quantitative estimate of drug-likeness (QED) is 0.449. The Labute approximate surface area is 219 Å². The Bertz CT molecular complexity index is 1080. The Morgan fingerprint density at radius 2 is 1.92 bits per heavy atom. The molecule has 4 rings (SSSR count). The zero-order valence-electron chi connectivity index (χ0n) is 20.6. The highest BCUT2D eigenvalue weighted by Gasteiger charge is 2.34. The van der Waals surface area contributed by atoms with E-state index in [4.69, 9.17) is 21.1 Å². The van der Waals surface area contributed by atoms with Gasteiger partial charge in [0.05, 0.1) is 41.0 Å². The first-order valence-electron chi connectivity index (χ1n) is 12.6. The second-order valence-electron chi connectivity index (χ2n) is 9.93. The maximum absolute atomic E-state index is 12.4. The van der Waals surface area contributed by atoms with Crippen LogP contribution in [0.2, 0.25) is 5.02 Å². The lowest BCUT2D eigenvalue weighted by atomic mass is 9.83.